The number of para-hydroxylation sites is 1. The first-order valence-electron chi connectivity index (χ1n) is 9.00. The highest BCUT2D eigenvalue weighted by Crippen LogP contribution is 2.16. The first kappa shape index (κ1) is 19.1. The number of ether oxygens (including phenoxy) is 1. The van der Waals surface area contributed by atoms with Gasteiger partial charge in [0.25, 0.3) is 5.91 Å². The SMILES string of the molecule is O=C(CCCOc1ccccc1)Nc1cccc(NC(=O)c2cccnc2)c1. The van der Waals surface area contributed by atoms with E-state index in [1.54, 1.807) is 42.6 Å². The average Bonchev–Trinajstić information content (AvgIpc) is 2.73. The summed E-state index contributed by atoms with van der Waals surface area (Å²) in [7, 11) is 0. The second-order valence-corrected chi connectivity index (χ2v) is 6.09. The molecular weight excluding hydrogens is 354 g/mol. The van der Waals surface area contributed by atoms with Crippen LogP contribution < -0.4 is 15.4 Å². The third-order valence-corrected chi connectivity index (χ3v) is 3.89. The summed E-state index contributed by atoms with van der Waals surface area (Å²) in [5.41, 5.74) is 1.69. The van der Waals surface area contributed by atoms with E-state index in [9.17, 15) is 9.59 Å². The Labute approximate surface area is 163 Å². The van der Waals surface area contributed by atoms with Crippen LogP contribution in [0.3, 0.4) is 0 Å². The topological polar surface area (TPSA) is 80.3 Å². The summed E-state index contributed by atoms with van der Waals surface area (Å²) >= 11 is 0. The van der Waals surface area contributed by atoms with Crippen LogP contribution in [0, 0.1) is 0 Å². The Morgan fingerprint density at radius 3 is 2.43 bits per heavy atom. The minimum absolute atomic E-state index is 0.104. The number of hydrogen-bond acceptors (Lipinski definition) is 4. The maximum atomic E-state index is 12.2. The molecule has 0 unspecified atom stereocenters. The lowest BCUT2D eigenvalue weighted by atomic mass is 10.2. The molecule has 0 saturated heterocycles. The summed E-state index contributed by atoms with van der Waals surface area (Å²) in [6.07, 6.45) is 4.06. The van der Waals surface area contributed by atoms with Crippen LogP contribution in [0.4, 0.5) is 11.4 Å². The van der Waals surface area contributed by atoms with Crippen molar-refractivity contribution in [1.82, 2.24) is 4.98 Å². The third-order valence-electron chi connectivity index (χ3n) is 3.89. The van der Waals surface area contributed by atoms with Crippen LogP contribution in [0.25, 0.3) is 0 Å². The number of hydrogen-bond donors (Lipinski definition) is 2. The monoisotopic (exact) mass is 375 g/mol. The van der Waals surface area contributed by atoms with Gasteiger partial charge < -0.3 is 15.4 Å². The maximum Gasteiger partial charge on any atom is 0.257 e. The lowest BCUT2D eigenvalue weighted by Gasteiger charge is -2.09. The number of nitrogens with one attached hydrogen (secondary N) is 2. The zero-order valence-electron chi connectivity index (χ0n) is 15.3. The van der Waals surface area contributed by atoms with Gasteiger partial charge in [-0.05, 0) is 48.9 Å². The van der Waals surface area contributed by atoms with E-state index >= 15 is 0 Å². The van der Waals surface area contributed by atoms with Crippen molar-refractivity contribution >= 4 is 23.2 Å². The Morgan fingerprint density at radius 2 is 1.68 bits per heavy atom. The Bertz CT molecular complexity index is 915. The third kappa shape index (κ3) is 5.95. The van der Waals surface area contributed by atoms with Gasteiger partial charge in [0.1, 0.15) is 5.75 Å². The van der Waals surface area contributed by atoms with Gasteiger partial charge in [0.2, 0.25) is 5.91 Å². The fourth-order valence-corrected chi connectivity index (χ4v) is 2.54. The van der Waals surface area contributed by atoms with E-state index in [1.165, 1.54) is 6.20 Å². The van der Waals surface area contributed by atoms with Gasteiger partial charge >= 0.3 is 0 Å². The lowest BCUT2D eigenvalue weighted by Crippen LogP contribution is -2.14. The molecule has 0 bridgehead atoms. The number of carbonyl (C=O) groups excluding carboxylic acids is 2. The number of aromatic nitrogens is 1. The Hall–Kier alpha value is -3.67. The number of benzene rings is 2. The molecule has 2 N–H and O–H groups in total. The van der Waals surface area contributed by atoms with Gasteiger partial charge in [0, 0.05) is 30.2 Å². The van der Waals surface area contributed by atoms with E-state index in [0.717, 1.165) is 5.75 Å². The molecule has 6 nitrogen and oxygen atoms in total. The van der Waals surface area contributed by atoms with Crippen LogP contribution in [0.2, 0.25) is 0 Å². The van der Waals surface area contributed by atoms with E-state index in [-0.39, 0.29) is 11.8 Å². The molecule has 0 saturated carbocycles. The molecule has 0 aliphatic carbocycles. The van der Waals surface area contributed by atoms with Crippen molar-refractivity contribution in [2.75, 3.05) is 17.2 Å². The fourth-order valence-electron chi connectivity index (χ4n) is 2.54. The molecule has 3 aromatic rings. The first-order chi connectivity index (χ1) is 13.7. The second-order valence-electron chi connectivity index (χ2n) is 6.09. The molecule has 142 valence electrons. The number of amides is 2. The van der Waals surface area contributed by atoms with Crippen molar-refractivity contribution in [1.29, 1.82) is 0 Å². The quantitative estimate of drug-likeness (QED) is 0.580. The van der Waals surface area contributed by atoms with Gasteiger partial charge in [0.15, 0.2) is 0 Å². The van der Waals surface area contributed by atoms with Crippen molar-refractivity contribution in [2.24, 2.45) is 0 Å². The summed E-state index contributed by atoms with van der Waals surface area (Å²) in [6, 6.07) is 19.9. The number of pyridine rings is 1. The van der Waals surface area contributed by atoms with E-state index in [1.807, 2.05) is 30.3 Å². The van der Waals surface area contributed by atoms with Gasteiger partial charge in [-0.25, -0.2) is 0 Å². The average molecular weight is 375 g/mol. The van der Waals surface area contributed by atoms with Crippen LogP contribution in [-0.2, 0) is 4.79 Å². The molecular formula is C22H21N3O3. The molecule has 1 aromatic heterocycles. The van der Waals surface area contributed by atoms with Crippen molar-refractivity contribution in [3.05, 3.63) is 84.7 Å². The predicted molar refractivity (Wildman–Crippen MR) is 108 cm³/mol. The molecule has 1 heterocycles. The van der Waals surface area contributed by atoms with Crippen LogP contribution in [0.5, 0.6) is 5.75 Å². The largest absolute Gasteiger partial charge is 0.494 e. The first-order valence-corrected chi connectivity index (χ1v) is 9.00. The molecule has 6 heteroatoms. The fraction of sp³-hybridized carbons (Fsp3) is 0.136. The van der Waals surface area contributed by atoms with Gasteiger partial charge in [0.05, 0.1) is 12.2 Å². The van der Waals surface area contributed by atoms with E-state index in [2.05, 4.69) is 15.6 Å². The standard InChI is InChI=1S/C22H21N3O3/c26-21(12-6-14-28-20-10-2-1-3-11-20)24-18-8-4-9-19(15-18)25-22(27)17-7-5-13-23-16-17/h1-5,7-11,13,15-16H,6,12,14H2,(H,24,26)(H,25,27). The molecule has 3 rings (SSSR count). The van der Waals surface area contributed by atoms with E-state index in [0.29, 0.717) is 36.4 Å². The highest BCUT2D eigenvalue weighted by atomic mass is 16.5. The molecule has 0 spiro atoms. The summed E-state index contributed by atoms with van der Waals surface area (Å²) in [6.45, 7) is 0.471. The number of anilines is 2. The minimum Gasteiger partial charge on any atom is -0.494 e. The number of rotatable bonds is 8. The van der Waals surface area contributed by atoms with Gasteiger partial charge in [-0.2, -0.15) is 0 Å². The van der Waals surface area contributed by atoms with Crippen LogP contribution in [0.1, 0.15) is 23.2 Å². The zero-order chi connectivity index (χ0) is 19.6. The highest BCUT2D eigenvalue weighted by Gasteiger charge is 2.07. The van der Waals surface area contributed by atoms with E-state index < -0.39 is 0 Å². The van der Waals surface area contributed by atoms with Gasteiger partial charge in [-0.15, -0.1) is 0 Å². The van der Waals surface area contributed by atoms with Crippen molar-refractivity contribution in [3.63, 3.8) is 0 Å². The maximum absolute atomic E-state index is 12.2. The smallest absolute Gasteiger partial charge is 0.257 e. The van der Waals surface area contributed by atoms with Crippen molar-refractivity contribution in [3.8, 4) is 5.75 Å². The van der Waals surface area contributed by atoms with Crippen LogP contribution in [-0.4, -0.2) is 23.4 Å². The minimum atomic E-state index is -0.255. The Balaban J connectivity index is 1.46. The molecule has 0 atom stereocenters. The summed E-state index contributed by atoms with van der Waals surface area (Å²) in [5.74, 6) is 0.432. The second kappa shape index (κ2) is 9.87. The van der Waals surface area contributed by atoms with Crippen LogP contribution in [0.15, 0.2) is 79.1 Å². The van der Waals surface area contributed by atoms with Crippen LogP contribution >= 0.6 is 0 Å². The molecule has 28 heavy (non-hydrogen) atoms. The number of nitrogens with zero attached hydrogens (tertiary/aromatic N) is 1. The normalized spacial score (nSPS) is 10.1. The molecule has 2 aromatic carbocycles. The zero-order valence-corrected chi connectivity index (χ0v) is 15.3. The molecule has 2 amide bonds. The number of carbonyl (C=O) groups is 2. The molecule has 0 fully saturated rings. The molecule has 0 aliphatic heterocycles. The molecule has 0 aliphatic rings. The van der Waals surface area contributed by atoms with Gasteiger partial charge in [-0.1, -0.05) is 24.3 Å². The van der Waals surface area contributed by atoms with Gasteiger partial charge in [-0.3, -0.25) is 14.6 Å². The highest BCUT2D eigenvalue weighted by molar-refractivity contribution is 6.04. The predicted octanol–water partition coefficient (Wildman–Crippen LogP) is 4.13. The summed E-state index contributed by atoms with van der Waals surface area (Å²) in [4.78, 5) is 28.2. The Morgan fingerprint density at radius 1 is 0.893 bits per heavy atom. The van der Waals surface area contributed by atoms with Crippen molar-refractivity contribution < 1.29 is 14.3 Å². The lowest BCUT2D eigenvalue weighted by molar-refractivity contribution is -0.116. The summed E-state index contributed by atoms with van der Waals surface area (Å²) in [5, 5.41) is 5.63. The Kier molecular flexibility index (Phi) is 6.73. The van der Waals surface area contributed by atoms with Crippen molar-refractivity contribution in [2.45, 2.75) is 12.8 Å². The molecule has 0 radical (unpaired) electrons. The summed E-state index contributed by atoms with van der Waals surface area (Å²) < 4.78 is 5.58. The van der Waals surface area contributed by atoms with E-state index in [4.69, 9.17) is 4.74 Å².